The molecule has 0 saturated carbocycles. The number of carbonyl (C=O) groups is 1. The van der Waals surface area contributed by atoms with Crippen LogP contribution in [0.2, 0.25) is 0 Å². The number of nitrogens with zero attached hydrogens (tertiary/aromatic N) is 1. The SMILES string of the molecule is Cc1cc(=O)cc(C(=O)NCCCCN2CCCCCC2)o1. The monoisotopic (exact) mass is 306 g/mol. The Labute approximate surface area is 131 Å². The zero-order valence-corrected chi connectivity index (χ0v) is 13.4. The largest absolute Gasteiger partial charge is 0.456 e. The summed E-state index contributed by atoms with van der Waals surface area (Å²) < 4.78 is 5.27. The molecule has 1 fully saturated rings. The van der Waals surface area contributed by atoms with E-state index < -0.39 is 0 Å². The minimum atomic E-state index is -0.310. The quantitative estimate of drug-likeness (QED) is 0.819. The smallest absolute Gasteiger partial charge is 0.287 e. The molecule has 0 bridgehead atoms. The highest BCUT2D eigenvalue weighted by Gasteiger charge is 2.10. The van der Waals surface area contributed by atoms with Crippen molar-refractivity contribution >= 4 is 5.91 Å². The Morgan fingerprint density at radius 1 is 1.18 bits per heavy atom. The third kappa shape index (κ3) is 5.64. The summed E-state index contributed by atoms with van der Waals surface area (Å²) in [5.74, 6) is 0.243. The third-order valence-corrected chi connectivity index (χ3v) is 4.00. The molecule has 5 heteroatoms. The summed E-state index contributed by atoms with van der Waals surface area (Å²) in [5.41, 5.74) is -0.199. The van der Waals surface area contributed by atoms with Crippen LogP contribution in [-0.2, 0) is 0 Å². The summed E-state index contributed by atoms with van der Waals surface area (Å²) in [7, 11) is 0. The molecule has 0 radical (unpaired) electrons. The van der Waals surface area contributed by atoms with E-state index in [1.165, 1.54) is 50.9 Å². The maximum Gasteiger partial charge on any atom is 0.287 e. The van der Waals surface area contributed by atoms with Crippen LogP contribution in [0.1, 0.15) is 54.8 Å². The van der Waals surface area contributed by atoms with Crippen molar-refractivity contribution in [3.63, 3.8) is 0 Å². The van der Waals surface area contributed by atoms with Crippen LogP contribution in [0.5, 0.6) is 0 Å². The normalized spacial score (nSPS) is 16.2. The zero-order chi connectivity index (χ0) is 15.8. The van der Waals surface area contributed by atoms with E-state index in [4.69, 9.17) is 4.42 Å². The number of hydrogen-bond donors (Lipinski definition) is 1. The van der Waals surface area contributed by atoms with Gasteiger partial charge in [-0.2, -0.15) is 0 Å². The summed E-state index contributed by atoms with van der Waals surface area (Å²) >= 11 is 0. The fraction of sp³-hybridized carbons (Fsp3) is 0.647. The molecule has 2 heterocycles. The molecule has 1 aromatic heterocycles. The Kier molecular flexibility index (Phi) is 6.65. The van der Waals surface area contributed by atoms with E-state index in [-0.39, 0.29) is 17.1 Å². The summed E-state index contributed by atoms with van der Waals surface area (Å²) in [4.78, 5) is 25.8. The second-order valence-corrected chi connectivity index (χ2v) is 5.99. The first kappa shape index (κ1) is 16.7. The standard InChI is InChI=1S/C17H26N2O3/c1-14-12-15(20)13-16(22-14)17(21)18-8-4-7-11-19-9-5-2-3-6-10-19/h12-13H,2-11H2,1H3,(H,18,21). The van der Waals surface area contributed by atoms with Crippen LogP contribution in [0.4, 0.5) is 0 Å². The number of carbonyl (C=O) groups excluding carboxylic acids is 1. The van der Waals surface area contributed by atoms with Gasteiger partial charge in [-0.25, -0.2) is 0 Å². The van der Waals surface area contributed by atoms with Gasteiger partial charge >= 0.3 is 0 Å². The lowest BCUT2D eigenvalue weighted by molar-refractivity contribution is 0.0920. The van der Waals surface area contributed by atoms with Gasteiger partial charge in [-0.15, -0.1) is 0 Å². The lowest BCUT2D eigenvalue weighted by Crippen LogP contribution is -2.28. The van der Waals surface area contributed by atoms with Crippen LogP contribution in [-0.4, -0.2) is 37.0 Å². The van der Waals surface area contributed by atoms with Crippen LogP contribution in [0.3, 0.4) is 0 Å². The van der Waals surface area contributed by atoms with E-state index in [9.17, 15) is 9.59 Å². The third-order valence-electron chi connectivity index (χ3n) is 4.00. The average molecular weight is 306 g/mol. The molecule has 1 aromatic rings. The minimum Gasteiger partial charge on any atom is -0.456 e. The van der Waals surface area contributed by atoms with Crippen LogP contribution >= 0.6 is 0 Å². The molecule has 1 N–H and O–H groups in total. The van der Waals surface area contributed by atoms with Gasteiger partial charge in [0, 0.05) is 18.7 Å². The Balaban J connectivity index is 1.65. The van der Waals surface area contributed by atoms with Crippen LogP contribution in [0.25, 0.3) is 0 Å². The highest BCUT2D eigenvalue weighted by atomic mass is 16.3. The van der Waals surface area contributed by atoms with Crippen molar-refractivity contribution in [2.24, 2.45) is 0 Å². The number of hydrogen-bond acceptors (Lipinski definition) is 4. The van der Waals surface area contributed by atoms with E-state index in [0.717, 1.165) is 19.4 Å². The molecule has 5 nitrogen and oxygen atoms in total. The molecule has 122 valence electrons. The van der Waals surface area contributed by atoms with Gasteiger partial charge in [0.05, 0.1) is 0 Å². The van der Waals surface area contributed by atoms with Crippen LogP contribution in [0, 0.1) is 6.92 Å². The van der Waals surface area contributed by atoms with Crippen molar-refractivity contribution < 1.29 is 9.21 Å². The van der Waals surface area contributed by atoms with Gasteiger partial charge in [-0.1, -0.05) is 12.8 Å². The summed E-state index contributed by atoms with van der Waals surface area (Å²) in [6.45, 7) is 5.81. The molecule has 2 rings (SSSR count). The second-order valence-electron chi connectivity index (χ2n) is 5.99. The summed E-state index contributed by atoms with van der Waals surface area (Å²) in [6.07, 6.45) is 7.35. The van der Waals surface area contributed by atoms with Crippen molar-refractivity contribution in [3.8, 4) is 0 Å². The number of likely N-dealkylation sites (tertiary alicyclic amines) is 1. The van der Waals surface area contributed by atoms with Gasteiger partial charge in [0.1, 0.15) is 5.76 Å². The molecule has 22 heavy (non-hydrogen) atoms. The molecule has 0 atom stereocenters. The Morgan fingerprint density at radius 3 is 2.59 bits per heavy atom. The average Bonchev–Trinajstić information content (AvgIpc) is 2.74. The van der Waals surface area contributed by atoms with Crippen LogP contribution < -0.4 is 10.7 Å². The van der Waals surface area contributed by atoms with Gasteiger partial charge in [0.25, 0.3) is 5.91 Å². The molecule has 0 aromatic carbocycles. The van der Waals surface area contributed by atoms with Gasteiger partial charge in [0.15, 0.2) is 11.2 Å². The molecular weight excluding hydrogens is 280 g/mol. The molecular formula is C17H26N2O3. The maximum absolute atomic E-state index is 11.9. The van der Waals surface area contributed by atoms with Gasteiger partial charge in [-0.05, 0) is 52.2 Å². The first-order chi connectivity index (χ1) is 10.6. The minimum absolute atomic E-state index is 0.0949. The van der Waals surface area contributed by atoms with E-state index in [1.54, 1.807) is 6.92 Å². The fourth-order valence-electron chi connectivity index (χ4n) is 2.82. The van der Waals surface area contributed by atoms with E-state index in [0.29, 0.717) is 12.3 Å². The molecule has 0 unspecified atom stereocenters. The number of nitrogens with one attached hydrogen (secondary N) is 1. The number of unbranched alkanes of at least 4 members (excludes halogenated alkanes) is 1. The Morgan fingerprint density at radius 2 is 1.91 bits per heavy atom. The number of rotatable bonds is 6. The molecule has 1 aliphatic rings. The fourth-order valence-corrected chi connectivity index (χ4v) is 2.82. The zero-order valence-electron chi connectivity index (χ0n) is 13.4. The van der Waals surface area contributed by atoms with Crippen molar-refractivity contribution in [2.45, 2.75) is 45.4 Å². The Bertz CT molecular complexity index is 531. The predicted octanol–water partition coefficient (Wildman–Crippen LogP) is 2.33. The van der Waals surface area contributed by atoms with Crippen LogP contribution in [0.15, 0.2) is 21.3 Å². The summed E-state index contributed by atoms with van der Waals surface area (Å²) in [6, 6.07) is 2.61. The lowest BCUT2D eigenvalue weighted by atomic mass is 10.2. The maximum atomic E-state index is 11.9. The molecule has 1 amide bonds. The predicted molar refractivity (Wildman–Crippen MR) is 86.2 cm³/mol. The van der Waals surface area contributed by atoms with E-state index in [1.807, 2.05) is 0 Å². The molecule has 0 spiro atoms. The highest BCUT2D eigenvalue weighted by Crippen LogP contribution is 2.10. The topological polar surface area (TPSA) is 62.6 Å². The van der Waals surface area contributed by atoms with Gasteiger partial charge < -0.3 is 14.6 Å². The summed E-state index contributed by atoms with van der Waals surface area (Å²) in [5, 5.41) is 2.81. The Hall–Kier alpha value is -1.62. The lowest BCUT2D eigenvalue weighted by Gasteiger charge is -2.19. The van der Waals surface area contributed by atoms with E-state index in [2.05, 4.69) is 10.2 Å². The molecule has 1 aliphatic heterocycles. The number of amides is 1. The first-order valence-electron chi connectivity index (χ1n) is 8.27. The van der Waals surface area contributed by atoms with Gasteiger partial charge in [-0.3, -0.25) is 9.59 Å². The molecule has 0 aliphatic carbocycles. The van der Waals surface area contributed by atoms with Crippen molar-refractivity contribution in [1.29, 1.82) is 0 Å². The second kappa shape index (κ2) is 8.73. The van der Waals surface area contributed by atoms with Crippen molar-refractivity contribution in [3.05, 3.63) is 33.9 Å². The molecule has 1 saturated heterocycles. The highest BCUT2D eigenvalue weighted by molar-refractivity contribution is 5.91. The van der Waals surface area contributed by atoms with E-state index >= 15 is 0 Å². The number of aryl methyl sites for hydroxylation is 1. The van der Waals surface area contributed by atoms with Gasteiger partial charge in [0.2, 0.25) is 0 Å². The van der Waals surface area contributed by atoms with Crippen molar-refractivity contribution in [2.75, 3.05) is 26.2 Å². The van der Waals surface area contributed by atoms with Crippen molar-refractivity contribution in [1.82, 2.24) is 10.2 Å². The first-order valence-corrected chi connectivity index (χ1v) is 8.27.